The topological polar surface area (TPSA) is 21.3 Å². The van der Waals surface area contributed by atoms with Crippen LogP contribution >= 0.6 is 12.2 Å². The van der Waals surface area contributed by atoms with Crippen LogP contribution in [0.3, 0.4) is 0 Å². The predicted octanol–water partition coefficient (Wildman–Crippen LogP) is 3.27. The number of hydrogen-bond donors (Lipinski definition) is 1. The second-order valence-corrected chi connectivity index (χ2v) is 4.60. The number of rotatable bonds is 5. The SMILES string of the molecule is COCCNC(=S)c1ccc(-c2ccccc2)cc1. The standard InChI is InChI=1S/C16H17NOS/c1-18-12-11-17-16(19)15-9-7-14(8-10-15)13-5-3-2-4-6-13/h2-10H,11-12H2,1H3,(H,17,19). The Labute approximate surface area is 119 Å². The fourth-order valence-electron chi connectivity index (χ4n) is 1.81. The fraction of sp³-hybridized carbons (Fsp3) is 0.188. The molecule has 1 N–H and O–H groups in total. The number of hydrogen-bond acceptors (Lipinski definition) is 2. The molecule has 0 radical (unpaired) electrons. The van der Waals surface area contributed by atoms with E-state index in [-0.39, 0.29) is 0 Å². The summed E-state index contributed by atoms with van der Waals surface area (Å²) in [6.45, 7) is 1.39. The lowest BCUT2D eigenvalue weighted by Gasteiger charge is -2.08. The molecule has 2 aromatic carbocycles. The van der Waals surface area contributed by atoms with E-state index in [0.29, 0.717) is 6.61 Å². The summed E-state index contributed by atoms with van der Waals surface area (Å²) in [7, 11) is 1.68. The van der Waals surface area contributed by atoms with Crippen LogP contribution in [-0.4, -0.2) is 25.2 Å². The van der Waals surface area contributed by atoms with Gasteiger partial charge in [0, 0.05) is 19.2 Å². The van der Waals surface area contributed by atoms with Crippen molar-refractivity contribution in [2.75, 3.05) is 20.3 Å². The summed E-state index contributed by atoms with van der Waals surface area (Å²) in [5, 5.41) is 3.17. The quantitative estimate of drug-likeness (QED) is 0.666. The van der Waals surface area contributed by atoms with Gasteiger partial charge in [-0.05, 0) is 11.1 Å². The monoisotopic (exact) mass is 271 g/mol. The van der Waals surface area contributed by atoms with Crippen molar-refractivity contribution in [1.82, 2.24) is 5.32 Å². The minimum Gasteiger partial charge on any atom is -0.383 e. The maximum absolute atomic E-state index is 5.33. The summed E-state index contributed by atoms with van der Waals surface area (Å²) in [6, 6.07) is 18.6. The van der Waals surface area contributed by atoms with E-state index in [1.54, 1.807) is 7.11 Å². The van der Waals surface area contributed by atoms with Crippen molar-refractivity contribution in [3.05, 3.63) is 60.2 Å². The van der Waals surface area contributed by atoms with Gasteiger partial charge in [0.1, 0.15) is 4.99 Å². The highest BCUT2D eigenvalue weighted by atomic mass is 32.1. The van der Waals surface area contributed by atoms with Crippen molar-refractivity contribution < 1.29 is 4.74 Å². The van der Waals surface area contributed by atoms with Gasteiger partial charge in [-0.3, -0.25) is 0 Å². The molecule has 2 rings (SSSR count). The molecule has 0 saturated carbocycles. The zero-order valence-electron chi connectivity index (χ0n) is 10.9. The van der Waals surface area contributed by atoms with Crippen molar-refractivity contribution in [3.63, 3.8) is 0 Å². The Morgan fingerprint density at radius 3 is 2.26 bits per heavy atom. The van der Waals surface area contributed by atoms with Crippen LogP contribution in [0.15, 0.2) is 54.6 Å². The first-order valence-electron chi connectivity index (χ1n) is 6.24. The normalized spacial score (nSPS) is 10.2. The summed E-state index contributed by atoms with van der Waals surface area (Å²) in [4.78, 5) is 0.761. The smallest absolute Gasteiger partial charge is 0.106 e. The van der Waals surface area contributed by atoms with Gasteiger partial charge in [0.15, 0.2) is 0 Å². The number of methoxy groups -OCH3 is 1. The van der Waals surface area contributed by atoms with Crippen molar-refractivity contribution in [3.8, 4) is 11.1 Å². The number of thiocarbonyl (C=S) groups is 1. The first kappa shape index (κ1) is 13.7. The molecule has 98 valence electrons. The Morgan fingerprint density at radius 1 is 1.00 bits per heavy atom. The summed E-state index contributed by atoms with van der Waals surface area (Å²) in [6.07, 6.45) is 0. The lowest BCUT2D eigenvalue weighted by atomic mass is 10.0. The Morgan fingerprint density at radius 2 is 1.63 bits per heavy atom. The highest BCUT2D eigenvalue weighted by molar-refractivity contribution is 7.80. The number of ether oxygens (including phenoxy) is 1. The molecular weight excluding hydrogens is 254 g/mol. The van der Waals surface area contributed by atoms with Crippen LogP contribution in [0.25, 0.3) is 11.1 Å². The third kappa shape index (κ3) is 3.88. The summed E-state index contributed by atoms with van der Waals surface area (Å²) in [5.74, 6) is 0. The van der Waals surface area contributed by atoms with E-state index in [1.807, 2.05) is 30.3 Å². The predicted molar refractivity (Wildman–Crippen MR) is 83.5 cm³/mol. The molecule has 3 heteroatoms. The lowest BCUT2D eigenvalue weighted by Crippen LogP contribution is -2.25. The summed E-state index contributed by atoms with van der Waals surface area (Å²) in [5.41, 5.74) is 3.45. The van der Waals surface area contributed by atoms with Crippen LogP contribution in [0.1, 0.15) is 5.56 Å². The maximum atomic E-state index is 5.33. The second kappa shape index (κ2) is 7.02. The molecule has 0 aliphatic rings. The lowest BCUT2D eigenvalue weighted by molar-refractivity contribution is 0.204. The van der Waals surface area contributed by atoms with E-state index in [2.05, 4.69) is 29.6 Å². The van der Waals surface area contributed by atoms with Crippen molar-refractivity contribution in [2.45, 2.75) is 0 Å². The molecule has 0 amide bonds. The molecule has 0 saturated heterocycles. The van der Waals surface area contributed by atoms with Gasteiger partial charge < -0.3 is 10.1 Å². The first-order chi connectivity index (χ1) is 9.31. The van der Waals surface area contributed by atoms with Crippen LogP contribution in [0.5, 0.6) is 0 Å². The van der Waals surface area contributed by atoms with Crippen LogP contribution in [0.2, 0.25) is 0 Å². The van der Waals surface area contributed by atoms with Gasteiger partial charge in [-0.25, -0.2) is 0 Å². The first-order valence-corrected chi connectivity index (χ1v) is 6.64. The maximum Gasteiger partial charge on any atom is 0.106 e. The van der Waals surface area contributed by atoms with E-state index in [1.165, 1.54) is 11.1 Å². The molecule has 19 heavy (non-hydrogen) atoms. The zero-order valence-corrected chi connectivity index (χ0v) is 11.7. The van der Waals surface area contributed by atoms with Gasteiger partial charge in [-0.1, -0.05) is 66.8 Å². The third-order valence-electron chi connectivity index (χ3n) is 2.85. The molecular formula is C16H17NOS. The van der Waals surface area contributed by atoms with Crippen LogP contribution < -0.4 is 5.32 Å². The number of benzene rings is 2. The Balaban J connectivity index is 2.04. The van der Waals surface area contributed by atoms with Gasteiger partial charge in [0.05, 0.1) is 6.61 Å². The molecule has 2 nitrogen and oxygen atoms in total. The molecule has 0 aliphatic heterocycles. The molecule has 0 atom stereocenters. The third-order valence-corrected chi connectivity index (χ3v) is 3.23. The van der Waals surface area contributed by atoms with Crippen LogP contribution in [0.4, 0.5) is 0 Å². The van der Waals surface area contributed by atoms with E-state index in [4.69, 9.17) is 17.0 Å². The Bertz CT molecular complexity index is 522. The Hall–Kier alpha value is -1.71. The zero-order chi connectivity index (χ0) is 13.5. The van der Waals surface area contributed by atoms with E-state index in [0.717, 1.165) is 17.1 Å². The van der Waals surface area contributed by atoms with Crippen LogP contribution in [0, 0.1) is 0 Å². The fourth-order valence-corrected chi connectivity index (χ4v) is 2.05. The Kier molecular flexibility index (Phi) is 5.07. The highest BCUT2D eigenvalue weighted by Crippen LogP contribution is 2.19. The van der Waals surface area contributed by atoms with Gasteiger partial charge in [0.2, 0.25) is 0 Å². The molecule has 0 spiro atoms. The van der Waals surface area contributed by atoms with Gasteiger partial charge >= 0.3 is 0 Å². The minimum absolute atomic E-state index is 0.655. The minimum atomic E-state index is 0.655. The summed E-state index contributed by atoms with van der Waals surface area (Å²) >= 11 is 5.33. The van der Waals surface area contributed by atoms with E-state index in [9.17, 15) is 0 Å². The second-order valence-electron chi connectivity index (χ2n) is 4.19. The molecule has 0 unspecified atom stereocenters. The number of nitrogens with one attached hydrogen (secondary N) is 1. The molecule has 0 fully saturated rings. The summed E-state index contributed by atoms with van der Waals surface area (Å²) < 4.78 is 4.98. The molecule has 0 aromatic heterocycles. The average Bonchev–Trinajstić information content (AvgIpc) is 2.48. The van der Waals surface area contributed by atoms with E-state index < -0.39 is 0 Å². The van der Waals surface area contributed by atoms with Crippen LogP contribution in [-0.2, 0) is 4.74 Å². The largest absolute Gasteiger partial charge is 0.383 e. The van der Waals surface area contributed by atoms with Crippen molar-refractivity contribution in [2.24, 2.45) is 0 Å². The van der Waals surface area contributed by atoms with Crippen molar-refractivity contribution in [1.29, 1.82) is 0 Å². The highest BCUT2D eigenvalue weighted by Gasteiger charge is 2.01. The molecule has 0 bridgehead atoms. The van der Waals surface area contributed by atoms with E-state index >= 15 is 0 Å². The molecule has 0 heterocycles. The molecule has 2 aromatic rings. The molecule has 0 aliphatic carbocycles. The van der Waals surface area contributed by atoms with Gasteiger partial charge in [-0.2, -0.15) is 0 Å². The average molecular weight is 271 g/mol. The van der Waals surface area contributed by atoms with Crippen molar-refractivity contribution >= 4 is 17.2 Å². The van der Waals surface area contributed by atoms with Gasteiger partial charge in [-0.15, -0.1) is 0 Å². The van der Waals surface area contributed by atoms with Gasteiger partial charge in [0.25, 0.3) is 0 Å².